The van der Waals surface area contributed by atoms with E-state index in [-0.39, 0.29) is 0 Å². The molecule has 2 aliphatic rings. The summed E-state index contributed by atoms with van der Waals surface area (Å²) in [5.41, 5.74) is 0. The Morgan fingerprint density at radius 3 is 2.44 bits per heavy atom. The van der Waals surface area contributed by atoms with Crippen LogP contribution in [0.4, 0.5) is 0 Å². The summed E-state index contributed by atoms with van der Waals surface area (Å²) in [5, 5.41) is 3.31. The molecule has 2 heterocycles. The molecule has 2 saturated heterocycles. The Balaban J connectivity index is 1.67. The molecule has 0 saturated carbocycles. The monoisotopic (exact) mass is 225 g/mol. The van der Waals surface area contributed by atoms with E-state index < -0.39 is 0 Å². The van der Waals surface area contributed by atoms with Gasteiger partial charge in [0.25, 0.3) is 0 Å². The van der Waals surface area contributed by atoms with Gasteiger partial charge in [0.2, 0.25) is 0 Å². The zero-order chi connectivity index (χ0) is 11.4. The lowest BCUT2D eigenvalue weighted by atomic mass is 10.1. The molecule has 2 fully saturated rings. The van der Waals surface area contributed by atoms with Gasteiger partial charge < -0.3 is 15.1 Å². The zero-order valence-corrected chi connectivity index (χ0v) is 10.9. The van der Waals surface area contributed by atoms with Crippen LogP contribution in [-0.2, 0) is 0 Å². The van der Waals surface area contributed by atoms with Crippen LogP contribution in [0.2, 0.25) is 0 Å². The Bertz CT molecular complexity index is 207. The minimum absolute atomic E-state index is 0.897. The second-order valence-electron chi connectivity index (χ2n) is 5.52. The number of hydrogen-bond donors (Lipinski definition) is 1. The van der Waals surface area contributed by atoms with E-state index in [0.717, 1.165) is 11.8 Å². The maximum atomic E-state index is 3.31. The van der Waals surface area contributed by atoms with Crippen molar-refractivity contribution in [2.45, 2.75) is 19.8 Å². The van der Waals surface area contributed by atoms with Crippen LogP contribution in [0, 0.1) is 11.8 Å². The van der Waals surface area contributed by atoms with Crippen LogP contribution in [0.25, 0.3) is 0 Å². The molecule has 0 radical (unpaired) electrons. The van der Waals surface area contributed by atoms with Crippen molar-refractivity contribution in [1.29, 1.82) is 0 Å². The van der Waals surface area contributed by atoms with Crippen LogP contribution < -0.4 is 5.32 Å². The third-order valence-corrected chi connectivity index (χ3v) is 4.20. The minimum Gasteiger partial charge on any atom is -0.319 e. The van der Waals surface area contributed by atoms with Gasteiger partial charge in [-0.05, 0) is 57.9 Å². The number of likely N-dealkylation sites (tertiary alicyclic amines) is 2. The highest BCUT2D eigenvalue weighted by molar-refractivity contribution is 4.82. The summed E-state index contributed by atoms with van der Waals surface area (Å²) in [6.07, 6.45) is 2.81. The molecule has 0 aliphatic carbocycles. The van der Waals surface area contributed by atoms with Gasteiger partial charge in [-0.15, -0.1) is 0 Å². The van der Waals surface area contributed by atoms with Gasteiger partial charge in [-0.2, -0.15) is 0 Å². The van der Waals surface area contributed by atoms with E-state index in [0.29, 0.717) is 0 Å². The molecule has 0 aromatic rings. The molecule has 3 nitrogen and oxygen atoms in total. The predicted octanol–water partition coefficient (Wildman–Crippen LogP) is 0.870. The summed E-state index contributed by atoms with van der Waals surface area (Å²) in [5.74, 6) is 1.84. The lowest BCUT2D eigenvalue weighted by molar-refractivity contribution is 0.260. The third kappa shape index (κ3) is 3.19. The van der Waals surface area contributed by atoms with E-state index in [1.54, 1.807) is 0 Å². The third-order valence-electron chi connectivity index (χ3n) is 4.20. The molecule has 2 atom stereocenters. The van der Waals surface area contributed by atoms with Gasteiger partial charge in [0.05, 0.1) is 0 Å². The smallest absolute Gasteiger partial charge is 0.00225 e. The Morgan fingerprint density at radius 2 is 1.75 bits per heavy atom. The summed E-state index contributed by atoms with van der Waals surface area (Å²) >= 11 is 0. The molecule has 2 rings (SSSR count). The molecule has 3 heteroatoms. The van der Waals surface area contributed by atoms with Crippen molar-refractivity contribution in [2.75, 3.05) is 52.9 Å². The zero-order valence-electron chi connectivity index (χ0n) is 10.9. The summed E-state index contributed by atoms with van der Waals surface area (Å²) < 4.78 is 0. The minimum atomic E-state index is 0.897. The van der Waals surface area contributed by atoms with Gasteiger partial charge in [0.15, 0.2) is 0 Å². The fourth-order valence-corrected chi connectivity index (χ4v) is 3.25. The van der Waals surface area contributed by atoms with Crippen molar-refractivity contribution in [2.24, 2.45) is 11.8 Å². The number of nitrogens with zero attached hydrogens (tertiary/aromatic N) is 2. The fraction of sp³-hybridized carbons (Fsp3) is 1.00. The summed E-state index contributed by atoms with van der Waals surface area (Å²) in [4.78, 5) is 5.28. The molecule has 0 spiro atoms. The van der Waals surface area contributed by atoms with Gasteiger partial charge in [-0.25, -0.2) is 0 Å². The van der Waals surface area contributed by atoms with Crippen molar-refractivity contribution in [3.8, 4) is 0 Å². The molecule has 2 aliphatic heterocycles. The molecule has 0 aromatic heterocycles. The van der Waals surface area contributed by atoms with Gasteiger partial charge >= 0.3 is 0 Å². The van der Waals surface area contributed by atoms with Crippen molar-refractivity contribution >= 4 is 0 Å². The highest BCUT2D eigenvalue weighted by Crippen LogP contribution is 2.21. The van der Waals surface area contributed by atoms with Crippen LogP contribution in [0.1, 0.15) is 19.8 Å². The first-order valence-electron chi connectivity index (χ1n) is 6.91. The van der Waals surface area contributed by atoms with E-state index >= 15 is 0 Å². The van der Waals surface area contributed by atoms with Gasteiger partial charge in [0.1, 0.15) is 0 Å². The van der Waals surface area contributed by atoms with E-state index in [9.17, 15) is 0 Å². The second-order valence-corrected chi connectivity index (χ2v) is 5.52. The first-order valence-corrected chi connectivity index (χ1v) is 6.91. The Morgan fingerprint density at radius 1 is 1.06 bits per heavy atom. The van der Waals surface area contributed by atoms with Crippen LogP contribution in [-0.4, -0.2) is 62.7 Å². The van der Waals surface area contributed by atoms with E-state index in [1.807, 2.05) is 0 Å². The van der Waals surface area contributed by atoms with Crippen molar-refractivity contribution in [3.05, 3.63) is 0 Å². The molecule has 0 aromatic carbocycles. The maximum Gasteiger partial charge on any atom is 0.00225 e. The molecule has 2 unspecified atom stereocenters. The molecular formula is C13H27N3. The average Bonchev–Trinajstić information content (AvgIpc) is 2.89. The Kier molecular flexibility index (Phi) is 4.62. The predicted molar refractivity (Wildman–Crippen MR) is 68.7 cm³/mol. The first kappa shape index (κ1) is 12.3. The Hall–Kier alpha value is -0.120. The first-order chi connectivity index (χ1) is 7.81. The molecular weight excluding hydrogens is 198 g/mol. The topological polar surface area (TPSA) is 18.5 Å². The number of hydrogen-bond acceptors (Lipinski definition) is 3. The van der Waals surface area contributed by atoms with Crippen LogP contribution in [0.5, 0.6) is 0 Å². The molecule has 0 amide bonds. The summed E-state index contributed by atoms with van der Waals surface area (Å²) in [6, 6.07) is 0. The average molecular weight is 225 g/mol. The summed E-state index contributed by atoms with van der Waals surface area (Å²) in [7, 11) is 2.07. The maximum absolute atomic E-state index is 3.31. The van der Waals surface area contributed by atoms with Gasteiger partial charge in [0, 0.05) is 19.6 Å². The lowest BCUT2D eigenvalue weighted by Crippen LogP contribution is -2.30. The highest BCUT2D eigenvalue weighted by atomic mass is 15.2. The van der Waals surface area contributed by atoms with Crippen molar-refractivity contribution in [1.82, 2.24) is 15.1 Å². The molecule has 94 valence electrons. The lowest BCUT2D eigenvalue weighted by Gasteiger charge is -2.20. The largest absolute Gasteiger partial charge is 0.319 e. The highest BCUT2D eigenvalue weighted by Gasteiger charge is 2.27. The normalized spacial score (nSPS) is 32.6. The van der Waals surface area contributed by atoms with Crippen molar-refractivity contribution in [3.63, 3.8) is 0 Å². The van der Waals surface area contributed by atoms with Gasteiger partial charge in [-0.1, -0.05) is 6.92 Å². The van der Waals surface area contributed by atoms with E-state index in [1.165, 1.54) is 58.7 Å². The fourth-order valence-electron chi connectivity index (χ4n) is 3.25. The molecule has 16 heavy (non-hydrogen) atoms. The number of nitrogens with one attached hydrogen (secondary N) is 1. The standard InChI is InChI=1S/C13H27N3/c1-3-15-6-5-13(10-15)11-16-7-4-12(9-16)8-14-2/h12-14H,3-11H2,1-2H3. The molecule has 0 bridgehead atoms. The van der Waals surface area contributed by atoms with E-state index in [2.05, 4.69) is 29.1 Å². The SMILES string of the molecule is CCN1CCC(CN2CCC(CNC)C2)C1. The van der Waals surface area contributed by atoms with Gasteiger partial charge in [-0.3, -0.25) is 0 Å². The van der Waals surface area contributed by atoms with Crippen LogP contribution in [0.15, 0.2) is 0 Å². The molecule has 1 N–H and O–H groups in total. The number of rotatable bonds is 5. The van der Waals surface area contributed by atoms with Crippen LogP contribution in [0.3, 0.4) is 0 Å². The quantitative estimate of drug-likeness (QED) is 0.749. The van der Waals surface area contributed by atoms with Crippen LogP contribution >= 0.6 is 0 Å². The second kappa shape index (κ2) is 5.99. The van der Waals surface area contributed by atoms with E-state index in [4.69, 9.17) is 0 Å². The Labute approximate surface area is 100 Å². The van der Waals surface area contributed by atoms with Crippen molar-refractivity contribution < 1.29 is 0 Å². The summed E-state index contributed by atoms with van der Waals surface area (Å²) in [6.45, 7) is 11.4.